The number of hydrogen-bond acceptors (Lipinski definition) is 3. The highest BCUT2D eigenvalue weighted by atomic mass is 16.3. The summed E-state index contributed by atoms with van der Waals surface area (Å²) in [6, 6.07) is 1.90. The van der Waals surface area contributed by atoms with Gasteiger partial charge in [0.25, 0.3) is 0 Å². The largest absolute Gasteiger partial charge is 0.393 e. The molecule has 0 radical (unpaired) electrons. The molecule has 0 saturated heterocycles. The van der Waals surface area contributed by atoms with Crippen LogP contribution in [-0.2, 0) is 4.79 Å². The lowest BCUT2D eigenvalue weighted by Crippen LogP contribution is -2.35. The maximum atomic E-state index is 11.3. The van der Waals surface area contributed by atoms with Crippen LogP contribution in [-0.4, -0.2) is 23.7 Å². The lowest BCUT2D eigenvalue weighted by atomic mass is 9.87. The van der Waals surface area contributed by atoms with E-state index in [1.165, 1.54) is 0 Å². The standard InChI is InChI=1S/C11H18N2O2/c1-8(6-12)11(15)13-7-9-3-2-4-10(14)5-9/h8-10,14H,2-5,7H2,1H3,(H,13,15). The van der Waals surface area contributed by atoms with Gasteiger partial charge in [-0.3, -0.25) is 4.79 Å². The number of carbonyl (C=O) groups is 1. The molecule has 3 atom stereocenters. The van der Waals surface area contributed by atoms with Crippen LogP contribution in [0, 0.1) is 23.2 Å². The summed E-state index contributed by atoms with van der Waals surface area (Å²) in [6.07, 6.45) is 3.50. The smallest absolute Gasteiger partial charge is 0.237 e. The normalized spacial score (nSPS) is 27.8. The molecule has 0 aromatic carbocycles. The van der Waals surface area contributed by atoms with Gasteiger partial charge in [0.05, 0.1) is 12.2 Å². The molecule has 0 bridgehead atoms. The molecular weight excluding hydrogens is 192 g/mol. The first-order chi connectivity index (χ1) is 7.13. The van der Waals surface area contributed by atoms with E-state index in [0.717, 1.165) is 25.7 Å². The Morgan fingerprint density at radius 3 is 3.00 bits per heavy atom. The molecule has 15 heavy (non-hydrogen) atoms. The van der Waals surface area contributed by atoms with Gasteiger partial charge in [-0.2, -0.15) is 5.26 Å². The highest BCUT2D eigenvalue weighted by Crippen LogP contribution is 2.23. The summed E-state index contributed by atoms with van der Waals surface area (Å²) in [5.74, 6) is -0.431. The predicted octanol–water partition coefficient (Wildman–Crippen LogP) is 0.813. The highest BCUT2D eigenvalue weighted by molar-refractivity contribution is 5.80. The van der Waals surface area contributed by atoms with E-state index in [2.05, 4.69) is 5.32 Å². The Kier molecular flexibility index (Phi) is 4.57. The first-order valence-electron chi connectivity index (χ1n) is 5.49. The number of nitrogens with one attached hydrogen (secondary N) is 1. The molecule has 2 N–H and O–H groups in total. The fourth-order valence-corrected chi connectivity index (χ4v) is 1.90. The zero-order chi connectivity index (χ0) is 11.3. The summed E-state index contributed by atoms with van der Waals surface area (Å²) in [5, 5.41) is 20.7. The van der Waals surface area contributed by atoms with E-state index in [9.17, 15) is 9.90 Å². The topological polar surface area (TPSA) is 73.1 Å². The van der Waals surface area contributed by atoms with Crippen LogP contribution in [0.1, 0.15) is 32.6 Å². The molecule has 0 aliphatic heterocycles. The van der Waals surface area contributed by atoms with Crippen molar-refractivity contribution >= 4 is 5.91 Å². The number of aliphatic hydroxyl groups excluding tert-OH is 1. The molecule has 1 rings (SSSR count). The summed E-state index contributed by atoms with van der Waals surface area (Å²) in [4.78, 5) is 11.3. The van der Waals surface area contributed by atoms with Crippen molar-refractivity contribution in [2.75, 3.05) is 6.54 Å². The van der Waals surface area contributed by atoms with Crippen molar-refractivity contribution in [2.45, 2.75) is 38.7 Å². The molecule has 1 fully saturated rings. The molecule has 0 spiro atoms. The Bertz CT molecular complexity index is 260. The zero-order valence-corrected chi connectivity index (χ0v) is 9.07. The van der Waals surface area contributed by atoms with Crippen LogP contribution >= 0.6 is 0 Å². The fraction of sp³-hybridized carbons (Fsp3) is 0.818. The molecule has 4 nitrogen and oxygen atoms in total. The van der Waals surface area contributed by atoms with Crippen LogP contribution in [0.3, 0.4) is 0 Å². The van der Waals surface area contributed by atoms with E-state index < -0.39 is 5.92 Å². The van der Waals surface area contributed by atoms with E-state index in [1.807, 2.05) is 6.07 Å². The van der Waals surface area contributed by atoms with Crippen LogP contribution < -0.4 is 5.32 Å². The minimum Gasteiger partial charge on any atom is -0.393 e. The average molecular weight is 210 g/mol. The number of rotatable bonds is 3. The third-order valence-corrected chi connectivity index (χ3v) is 2.91. The summed E-state index contributed by atoms with van der Waals surface area (Å²) < 4.78 is 0. The Hall–Kier alpha value is -1.08. The van der Waals surface area contributed by atoms with Crippen molar-refractivity contribution in [3.8, 4) is 6.07 Å². The number of carbonyl (C=O) groups excluding carboxylic acids is 1. The summed E-state index contributed by atoms with van der Waals surface area (Å²) in [7, 11) is 0. The molecule has 3 unspecified atom stereocenters. The van der Waals surface area contributed by atoms with E-state index >= 15 is 0 Å². The summed E-state index contributed by atoms with van der Waals surface area (Å²) in [5.41, 5.74) is 0. The molecular formula is C11H18N2O2. The second-order valence-electron chi connectivity index (χ2n) is 4.28. The first-order valence-corrected chi connectivity index (χ1v) is 5.49. The Labute approximate surface area is 90.3 Å². The zero-order valence-electron chi connectivity index (χ0n) is 9.07. The molecule has 0 aromatic rings. The molecule has 0 heterocycles. The third kappa shape index (κ3) is 3.88. The van der Waals surface area contributed by atoms with E-state index in [1.54, 1.807) is 6.92 Å². The SMILES string of the molecule is CC(C#N)C(=O)NCC1CCCC(O)C1. The van der Waals surface area contributed by atoms with E-state index in [0.29, 0.717) is 12.5 Å². The molecule has 1 aliphatic rings. The van der Waals surface area contributed by atoms with Gasteiger partial charge < -0.3 is 10.4 Å². The average Bonchev–Trinajstić information content (AvgIpc) is 2.25. The number of aliphatic hydroxyl groups is 1. The lowest BCUT2D eigenvalue weighted by Gasteiger charge is -2.26. The van der Waals surface area contributed by atoms with E-state index in [4.69, 9.17) is 5.26 Å². The van der Waals surface area contributed by atoms with Crippen LogP contribution in [0.15, 0.2) is 0 Å². The van der Waals surface area contributed by atoms with Crippen molar-refractivity contribution < 1.29 is 9.90 Å². The van der Waals surface area contributed by atoms with E-state index in [-0.39, 0.29) is 12.0 Å². The third-order valence-electron chi connectivity index (χ3n) is 2.91. The second kappa shape index (κ2) is 5.72. The minimum absolute atomic E-state index is 0.211. The van der Waals surface area contributed by atoms with Gasteiger partial charge in [0.1, 0.15) is 5.92 Å². The quantitative estimate of drug-likeness (QED) is 0.724. The lowest BCUT2D eigenvalue weighted by molar-refractivity contribution is -0.123. The maximum Gasteiger partial charge on any atom is 0.237 e. The number of nitrogens with zero attached hydrogens (tertiary/aromatic N) is 1. The van der Waals surface area contributed by atoms with Gasteiger partial charge >= 0.3 is 0 Å². The minimum atomic E-state index is -0.585. The first kappa shape index (κ1) is 12.0. The number of amides is 1. The van der Waals surface area contributed by atoms with Gasteiger partial charge in [-0.25, -0.2) is 0 Å². The van der Waals surface area contributed by atoms with Crippen molar-refractivity contribution in [1.82, 2.24) is 5.32 Å². The second-order valence-corrected chi connectivity index (χ2v) is 4.28. The Morgan fingerprint density at radius 2 is 2.40 bits per heavy atom. The molecule has 4 heteroatoms. The van der Waals surface area contributed by atoms with Gasteiger partial charge in [-0.15, -0.1) is 0 Å². The van der Waals surface area contributed by atoms with Crippen LogP contribution in [0.4, 0.5) is 0 Å². The van der Waals surface area contributed by atoms with Crippen molar-refractivity contribution in [3.63, 3.8) is 0 Å². The van der Waals surface area contributed by atoms with Gasteiger partial charge in [0.2, 0.25) is 5.91 Å². The van der Waals surface area contributed by atoms with Crippen molar-refractivity contribution in [2.24, 2.45) is 11.8 Å². The summed E-state index contributed by atoms with van der Waals surface area (Å²) >= 11 is 0. The van der Waals surface area contributed by atoms with Crippen LogP contribution in [0.2, 0.25) is 0 Å². The fourth-order valence-electron chi connectivity index (χ4n) is 1.90. The number of hydrogen-bond donors (Lipinski definition) is 2. The van der Waals surface area contributed by atoms with Gasteiger partial charge in [0.15, 0.2) is 0 Å². The van der Waals surface area contributed by atoms with Crippen molar-refractivity contribution in [1.29, 1.82) is 5.26 Å². The molecule has 1 amide bonds. The van der Waals surface area contributed by atoms with Crippen molar-refractivity contribution in [3.05, 3.63) is 0 Å². The van der Waals surface area contributed by atoms with Gasteiger partial charge in [-0.05, 0) is 32.1 Å². The Balaban J connectivity index is 2.25. The molecule has 1 aliphatic carbocycles. The summed E-state index contributed by atoms with van der Waals surface area (Å²) in [6.45, 7) is 2.17. The number of nitriles is 1. The highest BCUT2D eigenvalue weighted by Gasteiger charge is 2.21. The molecule has 1 saturated carbocycles. The molecule has 84 valence electrons. The van der Waals surface area contributed by atoms with Gasteiger partial charge in [-0.1, -0.05) is 6.42 Å². The monoisotopic (exact) mass is 210 g/mol. The van der Waals surface area contributed by atoms with Crippen LogP contribution in [0.5, 0.6) is 0 Å². The molecule has 0 aromatic heterocycles. The predicted molar refractivity (Wildman–Crippen MR) is 55.8 cm³/mol. The Morgan fingerprint density at radius 1 is 1.67 bits per heavy atom. The van der Waals surface area contributed by atoms with Gasteiger partial charge in [0, 0.05) is 6.54 Å². The maximum absolute atomic E-state index is 11.3. The van der Waals surface area contributed by atoms with Crippen LogP contribution in [0.25, 0.3) is 0 Å².